The number of piperazine rings is 1. The number of benzene rings is 2. The van der Waals surface area contributed by atoms with Gasteiger partial charge in [-0.05, 0) is 48.2 Å². The topological polar surface area (TPSA) is 57.7 Å². The number of carbonyl (C=O) groups excluding carboxylic acids is 1. The van der Waals surface area contributed by atoms with Crippen LogP contribution in [0, 0.1) is 18.3 Å². The summed E-state index contributed by atoms with van der Waals surface area (Å²) in [7, 11) is -4.29. The van der Waals surface area contributed by atoms with Crippen LogP contribution in [0.15, 0.2) is 47.4 Å². The van der Waals surface area contributed by atoms with Gasteiger partial charge in [-0.15, -0.1) is 6.42 Å². The Kier molecular flexibility index (Phi) is 6.59. The van der Waals surface area contributed by atoms with Crippen molar-refractivity contribution in [3.8, 4) is 12.3 Å². The molecule has 1 saturated heterocycles. The summed E-state index contributed by atoms with van der Waals surface area (Å²) in [5.41, 5.74) is -1.55. The number of nitrogens with zero attached hydrogens (tertiary/aromatic N) is 2. The van der Waals surface area contributed by atoms with Crippen LogP contribution in [0.4, 0.5) is 26.3 Å². The van der Waals surface area contributed by atoms with Gasteiger partial charge in [-0.1, -0.05) is 18.1 Å². The molecule has 12 heteroatoms. The molecule has 2 fully saturated rings. The van der Waals surface area contributed by atoms with Crippen LogP contribution in [0.5, 0.6) is 0 Å². The minimum atomic E-state index is -4.78. The molecular weight excluding hydrogens is 510 g/mol. The molecule has 0 bridgehead atoms. The number of alkyl halides is 6. The van der Waals surface area contributed by atoms with Crippen molar-refractivity contribution in [2.24, 2.45) is 5.92 Å². The highest BCUT2D eigenvalue weighted by Crippen LogP contribution is 2.49. The molecule has 1 saturated carbocycles. The molecule has 36 heavy (non-hydrogen) atoms. The third-order valence-electron chi connectivity index (χ3n) is 6.36. The van der Waals surface area contributed by atoms with Crippen molar-refractivity contribution in [1.82, 2.24) is 9.21 Å². The van der Waals surface area contributed by atoms with Gasteiger partial charge >= 0.3 is 12.4 Å². The Morgan fingerprint density at radius 1 is 0.889 bits per heavy atom. The molecule has 5 nitrogen and oxygen atoms in total. The summed E-state index contributed by atoms with van der Waals surface area (Å²) in [6.07, 6.45) is -3.56. The van der Waals surface area contributed by atoms with Crippen LogP contribution < -0.4 is 0 Å². The number of hydrogen-bond donors (Lipinski definition) is 0. The highest BCUT2D eigenvalue weighted by molar-refractivity contribution is 7.89. The Morgan fingerprint density at radius 2 is 1.47 bits per heavy atom. The van der Waals surface area contributed by atoms with Gasteiger partial charge in [0.2, 0.25) is 15.9 Å². The Morgan fingerprint density at radius 3 is 2.00 bits per heavy atom. The molecule has 1 aliphatic carbocycles. The van der Waals surface area contributed by atoms with Gasteiger partial charge in [0, 0.05) is 37.7 Å². The zero-order chi connectivity index (χ0) is 26.5. The van der Waals surface area contributed by atoms with Gasteiger partial charge in [-0.2, -0.15) is 30.6 Å². The van der Waals surface area contributed by atoms with Gasteiger partial charge in [0.05, 0.1) is 16.0 Å². The lowest BCUT2D eigenvalue weighted by Crippen LogP contribution is -2.51. The monoisotopic (exact) mass is 530 g/mol. The van der Waals surface area contributed by atoms with Crippen LogP contribution in [-0.4, -0.2) is 49.7 Å². The molecule has 0 aromatic heterocycles. The first-order chi connectivity index (χ1) is 16.7. The Bertz CT molecular complexity index is 1310. The molecule has 192 valence electrons. The van der Waals surface area contributed by atoms with Gasteiger partial charge < -0.3 is 4.90 Å². The molecular formula is C24H20F6N2O3S. The third-order valence-corrected chi connectivity index (χ3v) is 8.24. The minimum absolute atomic E-state index is 0.0370. The summed E-state index contributed by atoms with van der Waals surface area (Å²) in [5, 5.41) is 0. The van der Waals surface area contributed by atoms with Crippen molar-refractivity contribution in [3.63, 3.8) is 0 Å². The van der Waals surface area contributed by atoms with Crippen LogP contribution in [0.1, 0.15) is 34.6 Å². The summed E-state index contributed by atoms with van der Waals surface area (Å²) in [5.74, 6) is 1.18. The van der Waals surface area contributed by atoms with Crippen molar-refractivity contribution in [1.29, 1.82) is 0 Å². The predicted octanol–water partition coefficient (Wildman–Crippen LogP) is 4.34. The van der Waals surface area contributed by atoms with E-state index in [9.17, 15) is 39.6 Å². The van der Waals surface area contributed by atoms with Crippen LogP contribution in [-0.2, 0) is 27.2 Å². The van der Waals surface area contributed by atoms with Gasteiger partial charge in [-0.25, -0.2) is 8.42 Å². The number of carbonyl (C=O) groups is 1. The normalized spacial score (nSPS) is 21.2. The van der Waals surface area contributed by atoms with Crippen molar-refractivity contribution in [3.05, 3.63) is 64.7 Å². The summed E-state index contributed by atoms with van der Waals surface area (Å²) >= 11 is 0. The Hall–Kier alpha value is -3.04. The largest absolute Gasteiger partial charge is 0.416 e. The molecule has 1 aliphatic heterocycles. The van der Waals surface area contributed by atoms with Crippen LogP contribution in [0.3, 0.4) is 0 Å². The maximum atomic E-state index is 13.2. The molecule has 2 aromatic rings. The van der Waals surface area contributed by atoms with E-state index in [0.717, 1.165) is 22.5 Å². The first kappa shape index (κ1) is 26.0. The highest BCUT2D eigenvalue weighted by atomic mass is 32.2. The van der Waals surface area contributed by atoms with Gasteiger partial charge in [-0.3, -0.25) is 4.79 Å². The number of rotatable bonds is 4. The summed E-state index contributed by atoms with van der Waals surface area (Å²) in [6.45, 7) is -0.161. The molecule has 2 aliphatic rings. The first-order valence-electron chi connectivity index (χ1n) is 10.9. The van der Waals surface area contributed by atoms with Gasteiger partial charge in [0.1, 0.15) is 0 Å². The van der Waals surface area contributed by atoms with E-state index in [4.69, 9.17) is 6.42 Å². The second kappa shape index (κ2) is 9.12. The van der Waals surface area contributed by atoms with E-state index >= 15 is 0 Å². The number of sulfonamides is 1. The molecule has 0 radical (unpaired) electrons. The molecule has 0 spiro atoms. The van der Waals surface area contributed by atoms with E-state index in [2.05, 4.69) is 0 Å². The van der Waals surface area contributed by atoms with Crippen molar-refractivity contribution < 1.29 is 39.6 Å². The third kappa shape index (κ3) is 5.22. The highest BCUT2D eigenvalue weighted by Gasteiger charge is 2.47. The summed E-state index contributed by atoms with van der Waals surface area (Å²) < 4.78 is 105. The fraction of sp³-hybridized carbons (Fsp3) is 0.375. The fourth-order valence-electron chi connectivity index (χ4n) is 4.28. The van der Waals surface area contributed by atoms with Crippen molar-refractivity contribution >= 4 is 15.9 Å². The van der Waals surface area contributed by atoms with E-state index < -0.39 is 44.3 Å². The number of amides is 1. The Labute approximate surface area is 203 Å². The van der Waals surface area contributed by atoms with Gasteiger partial charge in [0.15, 0.2) is 0 Å². The summed E-state index contributed by atoms with van der Waals surface area (Å²) in [6, 6.07) is 6.87. The average Bonchev–Trinajstić information content (AvgIpc) is 3.63. The van der Waals surface area contributed by atoms with Crippen LogP contribution in [0.25, 0.3) is 0 Å². The maximum Gasteiger partial charge on any atom is 0.416 e. The number of halogens is 6. The standard InChI is InChI=1S/C24H20F6N2O3S/c1-2-15-11-18(24(28,29)30)13-19(12-15)36(34,35)32-9-7-31(8-10-32)22(33)21-14-20(21)16-3-5-17(6-4-16)23(25,26)27/h1,3-6,11-13,20-21H,7-10,14H2. The molecule has 2 atom stereocenters. The lowest BCUT2D eigenvalue weighted by Gasteiger charge is -2.34. The second-order valence-corrected chi connectivity index (χ2v) is 10.6. The average molecular weight is 530 g/mol. The SMILES string of the molecule is C#Cc1cc(C(F)(F)F)cc(S(=O)(=O)N2CCN(C(=O)C3CC3c3ccc(C(F)(F)F)cc3)CC2)c1. The first-order valence-corrected chi connectivity index (χ1v) is 12.3. The fourth-order valence-corrected chi connectivity index (χ4v) is 5.78. The molecule has 0 N–H and O–H groups in total. The Balaban J connectivity index is 1.40. The van der Waals surface area contributed by atoms with Crippen molar-refractivity contribution in [2.45, 2.75) is 29.6 Å². The predicted molar refractivity (Wildman–Crippen MR) is 117 cm³/mol. The van der Waals surface area contributed by atoms with E-state index in [0.29, 0.717) is 24.1 Å². The van der Waals surface area contributed by atoms with E-state index in [1.807, 2.05) is 5.92 Å². The minimum Gasteiger partial charge on any atom is -0.340 e. The zero-order valence-electron chi connectivity index (χ0n) is 18.6. The molecule has 2 aromatic carbocycles. The summed E-state index contributed by atoms with van der Waals surface area (Å²) in [4.78, 5) is 13.8. The van der Waals surface area contributed by atoms with Crippen molar-refractivity contribution in [2.75, 3.05) is 26.2 Å². The van der Waals surface area contributed by atoms with Crippen LogP contribution >= 0.6 is 0 Å². The lowest BCUT2D eigenvalue weighted by atomic mass is 10.1. The lowest BCUT2D eigenvalue weighted by molar-refractivity contribution is -0.138. The molecule has 2 unspecified atom stereocenters. The zero-order valence-corrected chi connectivity index (χ0v) is 19.4. The number of terminal acetylenes is 1. The van der Waals surface area contributed by atoms with E-state index in [1.54, 1.807) is 0 Å². The quantitative estimate of drug-likeness (QED) is 0.437. The number of hydrogen-bond acceptors (Lipinski definition) is 3. The molecule has 4 rings (SSSR count). The van der Waals surface area contributed by atoms with Gasteiger partial charge in [0.25, 0.3) is 0 Å². The molecule has 1 heterocycles. The maximum absolute atomic E-state index is 13.2. The van der Waals surface area contributed by atoms with E-state index in [1.165, 1.54) is 17.0 Å². The van der Waals surface area contributed by atoms with E-state index in [-0.39, 0.29) is 43.6 Å². The van der Waals surface area contributed by atoms with Crippen LogP contribution in [0.2, 0.25) is 0 Å². The second-order valence-electron chi connectivity index (χ2n) is 8.69. The smallest absolute Gasteiger partial charge is 0.340 e. The molecule has 1 amide bonds.